The summed E-state index contributed by atoms with van der Waals surface area (Å²) >= 11 is 1.27. The Morgan fingerprint density at radius 2 is 1.97 bits per heavy atom. The number of benzene rings is 1. The van der Waals surface area contributed by atoms with Crippen molar-refractivity contribution in [3.05, 3.63) is 24.3 Å². The van der Waals surface area contributed by atoms with Crippen LogP contribution in [0.2, 0.25) is 0 Å². The summed E-state index contributed by atoms with van der Waals surface area (Å²) in [6.07, 6.45) is 4.95. The number of nitrogens with one attached hydrogen (secondary N) is 1. The molecule has 4 rings (SSSR count). The number of aromatic nitrogens is 4. The second kappa shape index (κ2) is 10.3. The molecule has 1 amide bonds. The van der Waals surface area contributed by atoms with Crippen LogP contribution in [0.3, 0.4) is 0 Å². The Morgan fingerprint density at radius 3 is 2.66 bits per heavy atom. The average molecular weight is 481 g/mol. The largest absolute Gasteiger partial charge is 0.376 e. The molecular formula is C20H28N6O4S2. The lowest BCUT2D eigenvalue weighted by Gasteiger charge is -2.25. The Bertz CT molecular complexity index is 1010. The molecule has 2 atom stereocenters. The molecule has 32 heavy (non-hydrogen) atoms. The molecule has 0 spiro atoms. The second-order valence-electron chi connectivity index (χ2n) is 8.02. The van der Waals surface area contributed by atoms with E-state index in [0.717, 1.165) is 38.7 Å². The fourth-order valence-electron chi connectivity index (χ4n) is 3.80. The normalized spacial score (nSPS) is 20.8. The number of hydrogen-bond donors (Lipinski definition) is 1. The van der Waals surface area contributed by atoms with Crippen molar-refractivity contribution in [2.75, 3.05) is 25.0 Å². The first-order chi connectivity index (χ1) is 15.4. The number of thioether (sulfide) groups is 1. The summed E-state index contributed by atoms with van der Waals surface area (Å²) < 4.78 is 34.4. The Hall–Kier alpha value is -2.02. The standard InChI is InChI=1S/C20H28N6O4S2/c1-15(31-20-22-23-24-26(20)14-17-6-5-13-30-17)19(27)21-16-7-9-18(10-8-16)32(28,29)25-11-3-2-4-12-25/h7-10,15,17H,2-6,11-14H2,1H3,(H,21,27)/t15-,17+/m0/s1. The topological polar surface area (TPSA) is 119 Å². The minimum Gasteiger partial charge on any atom is -0.376 e. The zero-order chi connectivity index (χ0) is 22.6. The molecule has 2 aromatic rings. The van der Waals surface area contributed by atoms with Crippen LogP contribution in [0.4, 0.5) is 5.69 Å². The maximum atomic E-state index is 12.8. The van der Waals surface area contributed by atoms with E-state index in [9.17, 15) is 13.2 Å². The van der Waals surface area contributed by atoms with E-state index < -0.39 is 15.3 Å². The van der Waals surface area contributed by atoms with E-state index in [1.54, 1.807) is 35.9 Å². The number of rotatable bonds is 8. The number of anilines is 1. The van der Waals surface area contributed by atoms with E-state index >= 15 is 0 Å². The molecule has 2 aliphatic heterocycles. The van der Waals surface area contributed by atoms with Gasteiger partial charge in [0.05, 0.1) is 22.8 Å². The van der Waals surface area contributed by atoms with Gasteiger partial charge in [0.25, 0.3) is 0 Å². The predicted octanol–water partition coefficient (Wildman–Crippen LogP) is 2.15. The summed E-state index contributed by atoms with van der Waals surface area (Å²) in [4.78, 5) is 12.9. The van der Waals surface area contributed by atoms with Crippen molar-refractivity contribution in [1.29, 1.82) is 0 Å². The van der Waals surface area contributed by atoms with Crippen LogP contribution in [-0.2, 0) is 26.1 Å². The zero-order valence-electron chi connectivity index (χ0n) is 18.0. The Labute approximate surface area is 192 Å². The van der Waals surface area contributed by atoms with Crippen molar-refractivity contribution in [2.45, 2.75) is 67.0 Å². The maximum absolute atomic E-state index is 12.8. The van der Waals surface area contributed by atoms with Gasteiger partial charge in [-0.1, -0.05) is 18.2 Å². The molecule has 0 unspecified atom stereocenters. The second-order valence-corrected chi connectivity index (χ2v) is 11.3. The van der Waals surface area contributed by atoms with Gasteiger partial charge in [0.15, 0.2) is 0 Å². The van der Waals surface area contributed by atoms with Gasteiger partial charge in [0.2, 0.25) is 21.1 Å². The number of nitrogens with zero attached hydrogens (tertiary/aromatic N) is 5. The lowest BCUT2D eigenvalue weighted by molar-refractivity contribution is -0.115. The number of amides is 1. The monoisotopic (exact) mass is 480 g/mol. The summed E-state index contributed by atoms with van der Waals surface area (Å²) in [7, 11) is -3.49. The highest BCUT2D eigenvalue weighted by molar-refractivity contribution is 8.00. The molecule has 174 valence electrons. The van der Waals surface area contributed by atoms with Crippen LogP contribution in [0.1, 0.15) is 39.0 Å². The molecule has 10 nitrogen and oxygen atoms in total. The van der Waals surface area contributed by atoms with Crippen LogP contribution in [0, 0.1) is 0 Å². The number of tetrazole rings is 1. The highest BCUT2D eigenvalue weighted by Gasteiger charge is 2.26. The third-order valence-electron chi connectivity index (χ3n) is 5.63. The Balaban J connectivity index is 1.34. The van der Waals surface area contributed by atoms with Crippen molar-refractivity contribution in [3.63, 3.8) is 0 Å². The molecule has 2 saturated heterocycles. The molecule has 0 aliphatic carbocycles. The van der Waals surface area contributed by atoms with E-state index in [1.807, 2.05) is 0 Å². The number of carbonyl (C=O) groups excluding carboxylic acids is 1. The van der Waals surface area contributed by atoms with Crippen LogP contribution in [0.15, 0.2) is 34.3 Å². The molecule has 1 aromatic carbocycles. The molecule has 3 heterocycles. The van der Waals surface area contributed by atoms with Gasteiger partial charge in [-0.2, -0.15) is 4.31 Å². The van der Waals surface area contributed by atoms with Crippen LogP contribution in [0.5, 0.6) is 0 Å². The fourth-order valence-corrected chi connectivity index (χ4v) is 6.11. The summed E-state index contributed by atoms with van der Waals surface area (Å²) in [6, 6.07) is 6.32. The number of sulfonamides is 1. The van der Waals surface area contributed by atoms with Crippen molar-refractivity contribution in [1.82, 2.24) is 24.5 Å². The number of piperidine rings is 1. The van der Waals surface area contributed by atoms with Gasteiger partial charge in [0, 0.05) is 25.4 Å². The van der Waals surface area contributed by atoms with E-state index in [1.165, 1.54) is 16.1 Å². The van der Waals surface area contributed by atoms with Gasteiger partial charge < -0.3 is 10.1 Å². The van der Waals surface area contributed by atoms with Crippen LogP contribution in [-0.4, -0.2) is 69.9 Å². The minimum atomic E-state index is -3.49. The predicted molar refractivity (Wildman–Crippen MR) is 120 cm³/mol. The quantitative estimate of drug-likeness (QED) is 0.571. The molecule has 1 aromatic heterocycles. The minimum absolute atomic E-state index is 0.0988. The summed E-state index contributed by atoms with van der Waals surface area (Å²) in [5.41, 5.74) is 0.541. The van der Waals surface area contributed by atoms with Crippen molar-refractivity contribution >= 4 is 33.4 Å². The van der Waals surface area contributed by atoms with Gasteiger partial charge in [-0.05, 0) is 67.3 Å². The third-order valence-corrected chi connectivity index (χ3v) is 8.61. The molecule has 0 saturated carbocycles. The summed E-state index contributed by atoms with van der Waals surface area (Å²) in [6.45, 7) is 4.22. The van der Waals surface area contributed by atoms with Crippen molar-refractivity contribution in [2.24, 2.45) is 0 Å². The molecule has 12 heteroatoms. The van der Waals surface area contributed by atoms with Crippen molar-refractivity contribution in [3.8, 4) is 0 Å². The van der Waals surface area contributed by atoms with Gasteiger partial charge in [-0.25, -0.2) is 13.1 Å². The van der Waals surface area contributed by atoms with Gasteiger partial charge in [-0.3, -0.25) is 4.79 Å². The molecule has 0 bridgehead atoms. The first kappa shape index (κ1) is 23.1. The third kappa shape index (κ3) is 5.48. The van der Waals surface area contributed by atoms with E-state index in [-0.39, 0.29) is 16.9 Å². The van der Waals surface area contributed by atoms with Crippen LogP contribution < -0.4 is 5.32 Å². The highest BCUT2D eigenvalue weighted by atomic mass is 32.2. The van der Waals surface area contributed by atoms with E-state index in [4.69, 9.17) is 4.74 Å². The van der Waals surface area contributed by atoms with E-state index in [0.29, 0.717) is 30.5 Å². The Kier molecular flexibility index (Phi) is 7.44. The van der Waals surface area contributed by atoms with E-state index in [2.05, 4.69) is 20.8 Å². The molecular weight excluding hydrogens is 452 g/mol. The SMILES string of the molecule is C[C@H](Sc1nnnn1C[C@H]1CCCO1)C(=O)Nc1ccc(S(=O)(=O)N2CCCCC2)cc1. The first-order valence-electron chi connectivity index (χ1n) is 10.9. The first-order valence-corrected chi connectivity index (χ1v) is 13.2. The molecule has 1 N–H and O–H groups in total. The van der Waals surface area contributed by atoms with Crippen LogP contribution in [0.25, 0.3) is 0 Å². The fraction of sp³-hybridized carbons (Fsp3) is 0.600. The lowest BCUT2D eigenvalue weighted by Crippen LogP contribution is -2.35. The van der Waals surface area contributed by atoms with Gasteiger partial charge in [0.1, 0.15) is 0 Å². The van der Waals surface area contributed by atoms with Crippen LogP contribution >= 0.6 is 11.8 Å². The summed E-state index contributed by atoms with van der Waals surface area (Å²) in [5, 5.41) is 14.7. The zero-order valence-corrected chi connectivity index (χ0v) is 19.6. The number of hydrogen-bond acceptors (Lipinski definition) is 8. The molecule has 2 aliphatic rings. The summed E-state index contributed by atoms with van der Waals surface area (Å²) in [5.74, 6) is -0.215. The molecule has 0 radical (unpaired) electrons. The van der Waals surface area contributed by atoms with Gasteiger partial charge >= 0.3 is 0 Å². The maximum Gasteiger partial charge on any atom is 0.243 e. The lowest BCUT2D eigenvalue weighted by atomic mass is 10.2. The Morgan fingerprint density at radius 1 is 1.22 bits per heavy atom. The van der Waals surface area contributed by atoms with Crippen molar-refractivity contribution < 1.29 is 17.9 Å². The van der Waals surface area contributed by atoms with Gasteiger partial charge in [-0.15, -0.1) is 5.10 Å². The average Bonchev–Trinajstić information content (AvgIpc) is 3.47. The number of carbonyl (C=O) groups is 1. The smallest absolute Gasteiger partial charge is 0.243 e. The molecule has 2 fully saturated rings. The highest BCUT2D eigenvalue weighted by Crippen LogP contribution is 2.25. The number of ether oxygens (including phenoxy) is 1.